The number of methoxy groups -OCH3 is 3. The Morgan fingerprint density at radius 1 is 0.774 bits per heavy atom. The standard InChI is InChI=1S/C68H110O14Si2/c1-22-74-62(70)61-68(82-66(15,16)78-61)47(5)39-57(73-19)60(77-68)56(72-18)37-45(3)35-44(2)36-50-41-51(79-83(20,21)63(7,8)9)43-75-67(50)42-58(76-65(13,14)81-67)48(6)59(69)46(4)38-49-33-34-54(55(40-49)71-17)80-84(64(10,11)12,52-29-25-23-26-30-52)53-31-27-24-28-32-53/h23-32,36,38,45,47-51,54-61,69H,22,33-35,37,39-43H2,1-21H3/b44-36+,46-38+/t45-,47+,48+,49-,50-,51+,54+,55+,56-,57-,58-,59?,60+,61-,67+,68-/m0/s1. The summed E-state index contributed by atoms with van der Waals surface area (Å²) in [4.78, 5) is 13.5. The van der Waals surface area contributed by atoms with Gasteiger partial charge in [-0.2, -0.15) is 0 Å². The van der Waals surface area contributed by atoms with E-state index in [4.69, 9.17) is 56.2 Å². The molecule has 0 radical (unpaired) electrons. The van der Waals surface area contributed by atoms with Crippen LogP contribution in [0.1, 0.15) is 162 Å². The summed E-state index contributed by atoms with van der Waals surface area (Å²) in [7, 11) is 0.195. The quantitative estimate of drug-likeness (QED) is 0.0718. The molecule has 5 aliphatic rings. The lowest BCUT2D eigenvalue weighted by Gasteiger charge is -2.55. The van der Waals surface area contributed by atoms with E-state index in [0.29, 0.717) is 32.3 Å². The molecule has 1 N–H and O–H groups in total. The highest BCUT2D eigenvalue weighted by atomic mass is 28.4. The lowest BCUT2D eigenvalue weighted by molar-refractivity contribution is -0.427. The molecule has 1 unspecified atom stereocenters. The van der Waals surface area contributed by atoms with Gasteiger partial charge in [-0.15, -0.1) is 0 Å². The van der Waals surface area contributed by atoms with E-state index in [1.807, 2.05) is 27.9 Å². The Labute approximate surface area is 508 Å². The zero-order chi connectivity index (χ0) is 62.0. The van der Waals surface area contributed by atoms with Gasteiger partial charge in [0.1, 0.15) is 6.10 Å². The molecule has 14 nitrogen and oxygen atoms in total. The summed E-state index contributed by atoms with van der Waals surface area (Å²) < 4.78 is 79.9. The van der Waals surface area contributed by atoms with Gasteiger partial charge in [-0.25, -0.2) is 4.79 Å². The van der Waals surface area contributed by atoms with Crippen molar-refractivity contribution in [2.75, 3.05) is 34.5 Å². The SMILES string of the molecule is CCOC(=O)[C@@H]1OC(C)(C)O[C@]12O[C@H]([C@H](C[C@@H](C)C/C(C)=C/[C@H]1C[C@@H](O[Si](C)(C)C(C)(C)C)CO[C@@]13C[C@@H]([C@@H](C)C(O)/C(C)=C/[C@@H]1CC[C@@H](O[Si](c4ccccc4)(c4ccccc4)C(C)(C)C)[C@H](OC)C1)OC(C)(C)O3)OC)[C@@H](OC)C[C@H]2C. The number of hydrogen-bond acceptors (Lipinski definition) is 14. The zero-order valence-electron chi connectivity index (χ0n) is 55.3. The summed E-state index contributed by atoms with van der Waals surface area (Å²) in [6.07, 6.45) is 6.35. The van der Waals surface area contributed by atoms with E-state index in [1.54, 1.807) is 35.0 Å². The molecule has 0 aromatic heterocycles. The fourth-order valence-corrected chi connectivity index (χ4v) is 20.4. The Kier molecular flexibility index (Phi) is 22.3. The van der Waals surface area contributed by atoms with E-state index in [9.17, 15) is 9.90 Å². The number of carbonyl (C=O) groups excluding carboxylic acids is 1. The van der Waals surface area contributed by atoms with Gasteiger partial charge in [0.2, 0.25) is 11.9 Å². The second-order valence-electron chi connectivity index (χ2n) is 29.0. The normalized spacial score (nSPS) is 33.2. The minimum atomic E-state index is -2.82. The van der Waals surface area contributed by atoms with Crippen molar-refractivity contribution in [2.24, 2.45) is 29.6 Å². The summed E-state index contributed by atoms with van der Waals surface area (Å²) in [5.74, 6) is -5.50. The van der Waals surface area contributed by atoms with Crippen LogP contribution < -0.4 is 10.4 Å². The number of aliphatic hydroxyl groups excluding tert-OH is 1. The van der Waals surface area contributed by atoms with Crippen LogP contribution in [0.15, 0.2) is 84.0 Å². The van der Waals surface area contributed by atoms with E-state index in [1.165, 1.54) is 15.9 Å². The van der Waals surface area contributed by atoms with E-state index in [0.717, 1.165) is 31.3 Å². The third-order valence-electron chi connectivity index (χ3n) is 19.5. The van der Waals surface area contributed by atoms with Crippen molar-refractivity contribution >= 4 is 33.0 Å². The average molecular weight is 1210 g/mol. The first-order valence-electron chi connectivity index (χ1n) is 31.5. The zero-order valence-corrected chi connectivity index (χ0v) is 57.3. The van der Waals surface area contributed by atoms with E-state index in [-0.39, 0.29) is 70.7 Å². The van der Waals surface area contributed by atoms with E-state index < -0.39 is 76.3 Å². The first-order valence-corrected chi connectivity index (χ1v) is 36.3. The first kappa shape index (κ1) is 68.8. The highest BCUT2D eigenvalue weighted by Crippen LogP contribution is 2.52. The Bertz CT molecular complexity index is 2470. The highest BCUT2D eigenvalue weighted by molar-refractivity contribution is 6.99. The molecule has 474 valence electrons. The smallest absolute Gasteiger partial charge is 0.341 e. The maximum atomic E-state index is 13.5. The molecular formula is C68H110O14Si2. The van der Waals surface area contributed by atoms with Gasteiger partial charge in [-0.05, 0) is 144 Å². The van der Waals surface area contributed by atoms with Gasteiger partial charge in [0, 0.05) is 45.5 Å². The number of carbonyl (C=O) groups is 1. The molecule has 16 heteroatoms. The minimum absolute atomic E-state index is 0.00630. The van der Waals surface area contributed by atoms with Crippen LogP contribution >= 0.6 is 0 Å². The van der Waals surface area contributed by atoms with Crippen molar-refractivity contribution in [3.05, 3.63) is 84.0 Å². The highest BCUT2D eigenvalue weighted by Gasteiger charge is 2.66. The first-order chi connectivity index (χ1) is 39.2. The van der Waals surface area contributed by atoms with E-state index in [2.05, 4.69) is 155 Å². The van der Waals surface area contributed by atoms with Gasteiger partial charge >= 0.3 is 5.97 Å². The van der Waals surface area contributed by atoms with Gasteiger partial charge in [0.25, 0.3) is 8.32 Å². The van der Waals surface area contributed by atoms with Crippen LogP contribution in [-0.2, 0) is 61.0 Å². The molecule has 4 saturated heterocycles. The second-order valence-corrected chi connectivity index (χ2v) is 38.0. The molecule has 4 aliphatic heterocycles. The molecule has 0 amide bonds. The Morgan fingerprint density at radius 2 is 1.38 bits per heavy atom. The average Bonchev–Trinajstić information content (AvgIpc) is 1.64. The van der Waals surface area contributed by atoms with Crippen LogP contribution in [0.5, 0.6) is 0 Å². The number of allylic oxidation sites excluding steroid dienone is 2. The maximum absolute atomic E-state index is 13.5. The lowest BCUT2D eigenvalue weighted by atomic mass is 9.78. The van der Waals surface area contributed by atoms with Crippen LogP contribution in [0.4, 0.5) is 0 Å². The fourth-order valence-electron chi connectivity index (χ4n) is 14.3. The summed E-state index contributed by atoms with van der Waals surface area (Å²) in [6, 6.07) is 21.7. The van der Waals surface area contributed by atoms with Crippen LogP contribution in [0.3, 0.4) is 0 Å². The summed E-state index contributed by atoms with van der Waals surface area (Å²) in [5, 5.41) is 14.8. The number of benzene rings is 2. The molecule has 7 rings (SSSR count). The molecule has 0 bridgehead atoms. The maximum Gasteiger partial charge on any atom is 0.341 e. The molecule has 1 aliphatic carbocycles. The summed E-state index contributed by atoms with van der Waals surface area (Å²) in [6.45, 7) is 38.9. The van der Waals surface area contributed by atoms with Crippen molar-refractivity contribution < 1.29 is 66.1 Å². The van der Waals surface area contributed by atoms with Gasteiger partial charge in [0.05, 0.1) is 55.9 Å². The van der Waals surface area contributed by atoms with Crippen LogP contribution in [0, 0.1) is 29.6 Å². The lowest BCUT2D eigenvalue weighted by Crippen LogP contribution is -2.68. The molecule has 2 spiro atoms. The predicted molar refractivity (Wildman–Crippen MR) is 335 cm³/mol. The largest absolute Gasteiger partial charge is 0.464 e. The molecule has 16 atom stereocenters. The van der Waals surface area contributed by atoms with Crippen molar-refractivity contribution in [1.29, 1.82) is 0 Å². The Morgan fingerprint density at radius 3 is 1.94 bits per heavy atom. The second kappa shape index (κ2) is 27.2. The van der Waals surface area contributed by atoms with Crippen LogP contribution in [0.25, 0.3) is 0 Å². The third-order valence-corrected chi connectivity index (χ3v) is 29.1. The van der Waals surface area contributed by atoms with Crippen LogP contribution in [0.2, 0.25) is 23.2 Å². The van der Waals surface area contributed by atoms with Gasteiger partial charge in [0.15, 0.2) is 25.7 Å². The summed E-state index contributed by atoms with van der Waals surface area (Å²) in [5.41, 5.74) is 2.11. The third kappa shape index (κ3) is 15.1. The molecule has 2 aromatic carbocycles. The topological polar surface area (TPSA) is 148 Å². The van der Waals surface area contributed by atoms with Gasteiger partial charge in [-0.3, -0.25) is 0 Å². The van der Waals surface area contributed by atoms with Gasteiger partial charge < -0.3 is 61.3 Å². The van der Waals surface area contributed by atoms with E-state index >= 15 is 0 Å². The number of rotatable bonds is 21. The number of aliphatic hydroxyl groups is 1. The van der Waals surface area contributed by atoms with Crippen molar-refractivity contribution in [2.45, 2.75) is 263 Å². The molecule has 2 aromatic rings. The monoisotopic (exact) mass is 1210 g/mol. The molecule has 4 heterocycles. The molecule has 1 saturated carbocycles. The molecule has 5 fully saturated rings. The van der Waals surface area contributed by atoms with Crippen molar-refractivity contribution in [1.82, 2.24) is 0 Å². The molecule has 84 heavy (non-hydrogen) atoms. The van der Waals surface area contributed by atoms with Crippen LogP contribution in [-0.4, -0.2) is 140 Å². The van der Waals surface area contributed by atoms with Gasteiger partial charge in [-0.1, -0.05) is 141 Å². The molecular weight excluding hydrogens is 1100 g/mol. The number of hydrogen-bond donors (Lipinski definition) is 1. The fraction of sp³-hybridized carbons (Fsp3) is 0.750. The predicted octanol–water partition coefficient (Wildman–Crippen LogP) is 12.6. The Balaban J connectivity index is 1.10. The number of ether oxygens (including phenoxy) is 10. The van der Waals surface area contributed by atoms with Crippen molar-refractivity contribution in [3.63, 3.8) is 0 Å². The van der Waals surface area contributed by atoms with Crippen molar-refractivity contribution in [3.8, 4) is 0 Å². The minimum Gasteiger partial charge on any atom is -0.464 e. The Hall–Kier alpha value is -2.66. The summed E-state index contributed by atoms with van der Waals surface area (Å²) >= 11 is 0. The number of esters is 1.